The van der Waals surface area contributed by atoms with Gasteiger partial charge in [0.2, 0.25) is 5.78 Å². The molecule has 0 atom stereocenters. The van der Waals surface area contributed by atoms with E-state index in [2.05, 4.69) is 4.98 Å². The Hall–Kier alpha value is -2.10. The van der Waals surface area contributed by atoms with Crippen molar-refractivity contribution >= 4 is 5.78 Å². The van der Waals surface area contributed by atoms with Crippen molar-refractivity contribution in [1.82, 2.24) is 4.98 Å². The third-order valence-corrected chi connectivity index (χ3v) is 2.68. The lowest BCUT2D eigenvalue weighted by Crippen LogP contribution is -2.11. The van der Waals surface area contributed by atoms with Crippen LogP contribution in [0.5, 0.6) is 0 Å². The number of pyridine rings is 1. The van der Waals surface area contributed by atoms with E-state index in [-0.39, 0.29) is 5.69 Å². The maximum atomic E-state index is 13.5. The van der Waals surface area contributed by atoms with Gasteiger partial charge in [-0.15, -0.1) is 0 Å². The predicted molar refractivity (Wildman–Crippen MR) is 63.4 cm³/mol. The van der Waals surface area contributed by atoms with Crippen LogP contribution in [0.15, 0.2) is 36.5 Å². The fourth-order valence-electron chi connectivity index (χ4n) is 1.76. The maximum Gasteiger partial charge on any atom is 0.217 e. The lowest BCUT2D eigenvalue weighted by Gasteiger charge is -2.07. The molecular weight excluding hydrogens is 236 g/mol. The molecule has 1 heterocycles. The highest BCUT2D eigenvalue weighted by molar-refractivity contribution is 6.08. The Bertz CT molecular complexity index is 576. The number of hydrogen-bond donors (Lipinski definition) is 0. The van der Waals surface area contributed by atoms with Crippen molar-refractivity contribution < 1.29 is 13.6 Å². The van der Waals surface area contributed by atoms with Gasteiger partial charge in [-0.3, -0.25) is 9.78 Å². The number of benzene rings is 1. The van der Waals surface area contributed by atoms with Crippen molar-refractivity contribution in [3.63, 3.8) is 0 Å². The van der Waals surface area contributed by atoms with E-state index in [0.717, 1.165) is 12.1 Å². The number of aryl methyl sites for hydroxylation is 1. The van der Waals surface area contributed by atoms with Crippen LogP contribution in [0, 0.1) is 11.6 Å². The van der Waals surface area contributed by atoms with Crippen LogP contribution in [0.3, 0.4) is 0 Å². The molecule has 92 valence electrons. The molecule has 2 nitrogen and oxygen atoms in total. The number of halogens is 2. The lowest BCUT2D eigenvalue weighted by atomic mass is 10.0. The summed E-state index contributed by atoms with van der Waals surface area (Å²) in [5.74, 6) is -2.46. The van der Waals surface area contributed by atoms with Crippen LogP contribution in [0.4, 0.5) is 8.78 Å². The van der Waals surface area contributed by atoms with E-state index in [9.17, 15) is 13.6 Å². The molecule has 0 bridgehead atoms. The molecule has 0 fully saturated rings. The number of ketones is 1. The minimum atomic E-state index is -0.868. The van der Waals surface area contributed by atoms with E-state index in [0.29, 0.717) is 12.0 Å². The molecular formula is C14H11F2NO. The van der Waals surface area contributed by atoms with E-state index < -0.39 is 23.0 Å². The Kier molecular flexibility index (Phi) is 3.46. The van der Waals surface area contributed by atoms with Crippen LogP contribution in [-0.2, 0) is 6.42 Å². The summed E-state index contributed by atoms with van der Waals surface area (Å²) in [7, 11) is 0. The molecule has 1 aromatic carbocycles. The SMILES string of the molecule is CCc1cccnc1C(=O)c1c(F)cccc1F. The second-order valence-corrected chi connectivity index (χ2v) is 3.79. The number of hydrogen-bond acceptors (Lipinski definition) is 2. The number of carbonyl (C=O) groups excluding carboxylic acids is 1. The van der Waals surface area contributed by atoms with Gasteiger partial charge >= 0.3 is 0 Å². The van der Waals surface area contributed by atoms with Crippen molar-refractivity contribution in [2.45, 2.75) is 13.3 Å². The standard InChI is InChI=1S/C14H11F2NO/c1-2-9-5-4-8-17-13(9)14(18)12-10(15)6-3-7-11(12)16/h3-8H,2H2,1H3. The van der Waals surface area contributed by atoms with Crippen molar-refractivity contribution in [3.8, 4) is 0 Å². The smallest absolute Gasteiger partial charge is 0.217 e. The van der Waals surface area contributed by atoms with Gasteiger partial charge in [0, 0.05) is 6.20 Å². The molecule has 1 aromatic heterocycles. The number of nitrogens with zero attached hydrogens (tertiary/aromatic N) is 1. The van der Waals surface area contributed by atoms with Gasteiger partial charge in [-0.05, 0) is 30.2 Å². The average Bonchev–Trinajstić information content (AvgIpc) is 2.38. The maximum absolute atomic E-state index is 13.5. The molecule has 0 unspecified atom stereocenters. The fourth-order valence-corrected chi connectivity index (χ4v) is 1.76. The molecule has 0 saturated heterocycles. The molecule has 0 spiro atoms. The first-order valence-corrected chi connectivity index (χ1v) is 5.57. The highest BCUT2D eigenvalue weighted by Crippen LogP contribution is 2.18. The van der Waals surface area contributed by atoms with Gasteiger partial charge in [0.05, 0.1) is 5.56 Å². The molecule has 0 aliphatic heterocycles. The summed E-state index contributed by atoms with van der Waals surface area (Å²) in [6.45, 7) is 1.85. The van der Waals surface area contributed by atoms with Crippen LogP contribution >= 0.6 is 0 Å². The predicted octanol–water partition coefficient (Wildman–Crippen LogP) is 3.15. The number of aromatic nitrogens is 1. The highest BCUT2D eigenvalue weighted by atomic mass is 19.1. The number of carbonyl (C=O) groups is 1. The summed E-state index contributed by atoms with van der Waals surface area (Å²) in [4.78, 5) is 16.1. The van der Waals surface area contributed by atoms with E-state index in [1.54, 1.807) is 12.1 Å². The van der Waals surface area contributed by atoms with Gasteiger partial charge in [-0.1, -0.05) is 19.1 Å². The molecule has 18 heavy (non-hydrogen) atoms. The van der Waals surface area contributed by atoms with Crippen molar-refractivity contribution in [3.05, 3.63) is 65.0 Å². The van der Waals surface area contributed by atoms with Gasteiger partial charge in [-0.25, -0.2) is 8.78 Å². The molecule has 4 heteroatoms. The zero-order valence-electron chi connectivity index (χ0n) is 9.78. The van der Waals surface area contributed by atoms with Gasteiger partial charge in [-0.2, -0.15) is 0 Å². The van der Waals surface area contributed by atoms with E-state index in [1.807, 2.05) is 6.92 Å². The van der Waals surface area contributed by atoms with Crippen LogP contribution in [0.25, 0.3) is 0 Å². The fraction of sp³-hybridized carbons (Fsp3) is 0.143. The van der Waals surface area contributed by atoms with E-state index in [1.165, 1.54) is 12.3 Å². The molecule has 0 radical (unpaired) electrons. The summed E-state index contributed by atoms with van der Waals surface area (Å²) >= 11 is 0. The topological polar surface area (TPSA) is 30.0 Å². The molecule has 0 aliphatic rings. The summed E-state index contributed by atoms with van der Waals surface area (Å²) in [5.41, 5.74) is 0.222. The van der Waals surface area contributed by atoms with Gasteiger partial charge in [0.15, 0.2) is 0 Å². The molecule has 0 N–H and O–H groups in total. The monoisotopic (exact) mass is 247 g/mol. The van der Waals surface area contributed by atoms with Gasteiger partial charge in [0.25, 0.3) is 0 Å². The third-order valence-electron chi connectivity index (χ3n) is 2.68. The zero-order chi connectivity index (χ0) is 13.1. The Morgan fingerprint density at radius 3 is 2.44 bits per heavy atom. The summed E-state index contributed by atoms with van der Waals surface area (Å²) in [6.07, 6.45) is 2.01. The van der Waals surface area contributed by atoms with Crippen LogP contribution < -0.4 is 0 Å². The highest BCUT2D eigenvalue weighted by Gasteiger charge is 2.21. The van der Waals surface area contributed by atoms with Crippen molar-refractivity contribution in [2.24, 2.45) is 0 Å². The summed E-state index contributed by atoms with van der Waals surface area (Å²) in [6, 6.07) is 6.75. The van der Waals surface area contributed by atoms with Crippen LogP contribution in [-0.4, -0.2) is 10.8 Å². The first-order chi connectivity index (χ1) is 8.65. The molecule has 2 aromatic rings. The first kappa shape index (κ1) is 12.4. The quantitative estimate of drug-likeness (QED) is 0.780. The second kappa shape index (κ2) is 5.04. The Morgan fingerprint density at radius 2 is 1.83 bits per heavy atom. The number of rotatable bonds is 3. The van der Waals surface area contributed by atoms with Crippen molar-refractivity contribution in [1.29, 1.82) is 0 Å². The summed E-state index contributed by atoms with van der Waals surface area (Å²) in [5, 5.41) is 0. The van der Waals surface area contributed by atoms with E-state index >= 15 is 0 Å². The minimum absolute atomic E-state index is 0.101. The van der Waals surface area contributed by atoms with E-state index in [4.69, 9.17) is 0 Å². The summed E-state index contributed by atoms with van der Waals surface area (Å²) < 4.78 is 27.1. The molecule has 0 saturated carbocycles. The van der Waals surface area contributed by atoms with Crippen molar-refractivity contribution in [2.75, 3.05) is 0 Å². The van der Waals surface area contributed by atoms with Gasteiger partial charge in [0.1, 0.15) is 17.3 Å². The molecule has 0 aliphatic carbocycles. The van der Waals surface area contributed by atoms with Crippen LogP contribution in [0.1, 0.15) is 28.5 Å². The minimum Gasteiger partial charge on any atom is -0.287 e. The first-order valence-electron chi connectivity index (χ1n) is 5.57. The molecule has 2 rings (SSSR count). The Balaban J connectivity index is 2.55. The lowest BCUT2D eigenvalue weighted by molar-refractivity contribution is 0.102. The Morgan fingerprint density at radius 1 is 1.17 bits per heavy atom. The van der Waals surface area contributed by atoms with Crippen LogP contribution in [0.2, 0.25) is 0 Å². The third kappa shape index (κ3) is 2.14. The Labute approximate surface area is 103 Å². The largest absolute Gasteiger partial charge is 0.287 e. The molecule has 0 amide bonds. The second-order valence-electron chi connectivity index (χ2n) is 3.79. The van der Waals surface area contributed by atoms with Gasteiger partial charge < -0.3 is 0 Å². The average molecular weight is 247 g/mol. The normalized spacial score (nSPS) is 10.4. The zero-order valence-corrected chi connectivity index (χ0v) is 9.78.